The Morgan fingerprint density at radius 1 is 1.35 bits per heavy atom. The molecule has 1 aromatic heterocycles. The first-order valence-corrected chi connectivity index (χ1v) is 5.56. The fourth-order valence-corrected chi connectivity index (χ4v) is 1.42. The summed E-state index contributed by atoms with van der Waals surface area (Å²) in [7, 11) is 0. The summed E-state index contributed by atoms with van der Waals surface area (Å²) in [5.74, 6) is 0.968. The van der Waals surface area contributed by atoms with Crippen LogP contribution in [-0.4, -0.2) is 16.7 Å². The molecule has 90 valence electrons. The van der Waals surface area contributed by atoms with Crippen LogP contribution in [0.3, 0.4) is 0 Å². The van der Waals surface area contributed by atoms with Gasteiger partial charge in [-0.25, -0.2) is 0 Å². The van der Waals surface area contributed by atoms with Crippen molar-refractivity contribution in [3.05, 3.63) is 30.1 Å². The van der Waals surface area contributed by atoms with E-state index in [-0.39, 0.29) is 0 Å². The zero-order valence-electron chi connectivity index (χ0n) is 9.72. The van der Waals surface area contributed by atoms with Crippen molar-refractivity contribution in [1.82, 2.24) is 10.1 Å². The summed E-state index contributed by atoms with van der Waals surface area (Å²) in [5, 5.41) is 3.84. The highest BCUT2D eigenvalue weighted by Crippen LogP contribution is 2.23. The molecule has 0 saturated carbocycles. The number of ether oxygens (including phenoxy) is 1. The van der Waals surface area contributed by atoms with Gasteiger partial charge in [0.25, 0.3) is 5.89 Å². The van der Waals surface area contributed by atoms with E-state index in [1.54, 1.807) is 6.07 Å². The topological polar surface area (TPSA) is 74.2 Å². The molecule has 0 aliphatic carbocycles. The SMILES string of the molecule is CCCOCc1noc(-c2ccccc2N)n1. The van der Waals surface area contributed by atoms with E-state index in [1.807, 2.05) is 25.1 Å². The lowest BCUT2D eigenvalue weighted by Gasteiger charge is -1.98. The molecule has 2 rings (SSSR count). The summed E-state index contributed by atoms with van der Waals surface area (Å²) in [6.07, 6.45) is 0.969. The number of nitrogen functional groups attached to an aromatic ring is 1. The Balaban J connectivity index is 2.10. The predicted octanol–water partition coefficient (Wildman–Crippen LogP) is 2.25. The van der Waals surface area contributed by atoms with Gasteiger partial charge in [-0.2, -0.15) is 4.98 Å². The monoisotopic (exact) mass is 233 g/mol. The van der Waals surface area contributed by atoms with E-state index >= 15 is 0 Å². The summed E-state index contributed by atoms with van der Waals surface area (Å²) in [5.41, 5.74) is 7.20. The van der Waals surface area contributed by atoms with Crippen LogP contribution in [0.5, 0.6) is 0 Å². The van der Waals surface area contributed by atoms with Crippen molar-refractivity contribution < 1.29 is 9.26 Å². The maximum Gasteiger partial charge on any atom is 0.260 e. The zero-order valence-corrected chi connectivity index (χ0v) is 9.72. The molecule has 2 N–H and O–H groups in total. The fourth-order valence-electron chi connectivity index (χ4n) is 1.42. The van der Waals surface area contributed by atoms with Gasteiger partial charge in [-0.15, -0.1) is 0 Å². The van der Waals surface area contributed by atoms with Crippen LogP contribution in [0.15, 0.2) is 28.8 Å². The molecule has 0 spiro atoms. The molecule has 0 aliphatic heterocycles. The Hall–Kier alpha value is -1.88. The summed E-state index contributed by atoms with van der Waals surface area (Å²) >= 11 is 0. The van der Waals surface area contributed by atoms with E-state index in [1.165, 1.54) is 0 Å². The lowest BCUT2D eigenvalue weighted by atomic mass is 10.2. The van der Waals surface area contributed by atoms with E-state index in [0.29, 0.717) is 30.6 Å². The van der Waals surface area contributed by atoms with Gasteiger partial charge in [0, 0.05) is 12.3 Å². The molecular formula is C12H15N3O2. The van der Waals surface area contributed by atoms with Crippen LogP contribution in [-0.2, 0) is 11.3 Å². The van der Waals surface area contributed by atoms with Crippen LogP contribution in [0.2, 0.25) is 0 Å². The van der Waals surface area contributed by atoms with Crippen LogP contribution >= 0.6 is 0 Å². The number of hydrogen-bond donors (Lipinski definition) is 1. The first-order valence-electron chi connectivity index (χ1n) is 5.56. The van der Waals surface area contributed by atoms with E-state index in [2.05, 4.69) is 10.1 Å². The first kappa shape index (κ1) is 11.6. The van der Waals surface area contributed by atoms with Crippen molar-refractivity contribution in [2.45, 2.75) is 20.0 Å². The Labute approximate surface area is 99.6 Å². The minimum Gasteiger partial charge on any atom is -0.398 e. The van der Waals surface area contributed by atoms with Gasteiger partial charge >= 0.3 is 0 Å². The molecule has 5 nitrogen and oxygen atoms in total. The second kappa shape index (κ2) is 5.45. The molecule has 0 saturated heterocycles. The van der Waals surface area contributed by atoms with E-state index < -0.39 is 0 Å². The third kappa shape index (κ3) is 2.82. The highest BCUT2D eigenvalue weighted by atomic mass is 16.5. The number of benzene rings is 1. The van der Waals surface area contributed by atoms with Gasteiger partial charge in [-0.1, -0.05) is 24.2 Å². The van der Waals surface area contributed by atoms with E-state index in [9.17, 15) is 0 Å². The van der Waals surface area contributed by atoms with Gasteiger partial charge < -0.3 is 15.0 Å². The molecule has 0 aliphatic rings. The molecule has 0 radical (unpaired) electrons. The molecule has 0 amide bonds. The summed E-state index contributed by atoms with van der Waals surface area (Å²) in [4.78, 5) is 4.23. The molecule has 17 heavy (non-hydrogen) atoms. The molecule has 0 unspecified atom stereocenters. The third-order valence-corrected chi connectivity index (χ3v) is 2.24. The highest BCUT2D eigenvalue weighted by molar-refractivity contribution is 5.69. The van der Waals surface area contributed by atoms with Crippen LogP contribution in [0.1, 0.15) is 19.2 Å². The summed E-state index contributed by atoms with van der Waals surface area (Å²) in [6.45, 7) is 3.10. The molecule has 1 heterocycles. The average molecular weight is 233 g/mol. The van der Waals surface area contributed by atoms with Gasteiger partial charge in [-0.3, -0.25) is 0 Å². The smallest absolute Gasteiger partial charge is 0.260 e. The molecule has 0 bridgehead atoms. The number of para-hydroxylation sites is 1. The van der Waals surface area contributed by atoms with E-state index in [0.717, 1.165) is 12.0 Å². The minimum atomic E-state index is 0.365. The van der Waals surface area contributed by atoms with E-state index in [4.69, 9.17) is 15.0 Å². The van der Waals surface area contributed by atoms with Crippen molar-refractivity contribution >= 4 is 5.69 Å². The second-order valence-electron chi connectivity index (χ2n) is 3.66. The van der Waals surface area contributed by atoms with Crippen molar-refractivity contribution in [1.29, 1.82) is 0 Å². The van der Waals surface area contributed by atoms with Crippen LogP contribution < -0.4 is 5.73 Å². The maximum atomic E-state index is 5.82. The number of nitrogens with zero attached hydrogens (tertiary/aromatic N) is 2. The average Bonchev–Trinajstić information content (AvgIpc) is 2.79. The maximum absolute atomic E-state index is 5.82. The molecule has 1 aromatic carbocycles. The lowest BCUT2D eigenvalue weighted by Crippen LogP contribution is -1.96. The van der Waals surface area contributed by atoms with Crippen molar-refractivity contribution in [2.24, 2.45) is 0 Å². The fraction of sp³-hybridized carbons (Fsp3) is 0.333. The third-order valence-electron chi connectivity index (χ3n) is 2.24. The van der Waals surface area contributed by atoms with Crippen molar-refractivity contribution in [3.8, 4) is 11.5 Å². The second-order valence-corrected chi connectivity index (χ2v) is 3.66. The summed E-state index contributed by atoms with van der Waals surface area (Å²) in [6, 6.07) is 7.38. The van der Waals surface area contributed by atoms with Crippen molar-refractivity contribution in [3.63, 3.8) is 0 Å². The van der Waals surface area contributed by atoms with Crippen molar-refractivity contribution in [2.75, 3.05) is 12.3 Å². The number of nitrogens with two attached hydrogens (primary N) is 1. The molecule has 0 atom stereocenters. The Bertz CT molecular complexity index is 482. The largest absolute Gasteiger partial charge is 0.398 e. The Kier molecular flexibility index (Phi) is 3.72. The number of hydrogen-bond acceptors (Lipinski definition) is 5. The van der Waals surface area contributed by atoms with Crippen LogP contribution in [0.4, 0.5) is 5.69 Å². The van der Waals surface area contributed by atoms with Gasteiger partial charge in [0.05, 0.1) is 5.56 Å². The zero-order chi connectivity index (χ0) is 12.1. The normalized spacial score (nSPS) is 10.6. The highest BCUT2D eigenvalue weighted by Gasteiger charge is 2.10. The first-order chi connectivity index (χ1) is 8.31. The van der Waals surface area contributed by atoms with Crippen LogP contribution in [0.25, 0.3) is 11.5 Å². The minimum absolute atomic E-state index is 0.365. The predicted molar refractivity (Wildman–Crippen MR) is 64.1 cm³/mol. The van der Waals surface area contributed by atoms with Gasteiger partial charge in [0.1, 0.15) is 6.61 Å². The van der Waals surface area contributed by atoms with Gasteiger partial charge in [0.15, 0.2) is 5.82 Å². The number of aromatic nitrogens is 2. The number of anilines is 1. The summed E-state index contributed by atoms with van der Waals surface area (Å²) < 4.78 is 10.5. The standard InChI is InChI=1S/C12H15N3O2/c1-2-7-16-8-11-14-12(17-15-11)9-5-3-4-6-10(9)13/h3-6H,2,7-8,13H2,1H3. The molecular weight excluding hydrogens is 218 g/mol. The van der Waals surface area contributed by atoms with Crippen LogP contribution in [0, 0.1) is 0 Å². The quantitative estimate of drug-likeness (QED) is 0.633. The number of rotatable bonds is 5. The molecule has 2 aromatic rings. The van der Waals surface area contributed by atoms with Gasteiger partial charge in [0.2, 0.25) is 0 Å². The Morgan fingerprint density at radius 2 is 2.18 bits per heavy atom. The Morgan fingerprint density at radius 3 is 2.94 bits per heavy atom. The molecule has 5 heteroatoms. The van der Waals surface area contributed by atoms with Gasteiger partial charge in [-0.05, 0) is 18.6 Å². The molecule has 0 fully saturated rings. The lowest BCUT2D eigenvalue weighted by molar-refractivity contribution is 0.114.